The van der Waals surface area contributed by atoms with Gasteiger partial charge in [-0.15, -0.1) is 0 Å². The van der Waals surface area contributed by atoms with Crippen LogP contribution in [0.3, 0.4) is 0 Å². The van der Waals surface area contributed by atoms with Gasteiger partial charge < -0.3 is 16.2 Å². The molecule has 0 aliphatic rings. The van der Waals surface area contributed by atoms with Crippen LogP contribution in [0.4, 0.5) is 5.69 Å². The molecule has 1 atom stereocenters. The third kappa shape index (κ3) is 3.89. The lowest BCUT2D eigenvalue weighted by Crippen LogP contribution is -2.21. The molecule has 4 heteroatoms. The Morgan fingerprint density at radius 1 is 1.47 bits per heavy atom. The second-order valence-corrected chi connectivity index (χ2v) is 3.37. The van der Waals surface area contributed by atoms with Gasteiger partial charge in [0.15, 0.2) is 5.96 Å². The molecule has 1 unspecified atom stereocenters. The minimum absolute atomic E-state index is 0.0516. The van der Waals surface area contributed by atoms with Crippen molar-refractivity contribution in [3.63, 3.8) is 0 Å². The fourth-order valence-electron chi connectivity index (χ4n) is 1.09. The molecule has 1 rings (SSSR count). The molecule has 0 radical (unpaired) electrons. The van der Waals surface area contributed by atoms with E-state index in [2.05, 4.69) is 11.9 Å². The number of ether oxygens (including phenoxy) is 1. The van der Waals surface area contributed by atoms with Gasteiger partial charge in [0.05, 0.1) is 11.8 Å². The Hall–Kier alpha value is -1.71. The first kappa shape index (κ1) is 11.4. The molecule has 0 bridgehead atoms. The summed E-state index contributed by atoms with van der Waals surface area (Å²) < 4.78 is 5.63. The first-order valence-corrected chi connectivity index (χ1v) is 4.98. The number of hydrogen-bond donors (Lipinski definition) is 2. The van der Waals surface area contributed by atoms with Crippen molar-refractivity contribution in [3.05, 3.63) is 24.3 Å². The SMILES string of the molecule is CCC(C)Oc1cccc(N=C(N)N)c1. The average molecular weight is 207 g/mol. The van der Waals surface area contributed by atoms with E-state index < -0.39 is 0 Å². The lowest BCUT2D eigenvalue weighted by molar-refractivity contribution is 0.217. The maximum atomic E-state index is 5.63. The molecule has 4 nitrogen and oxygen atoms in total. The summed E-state index contributed by atoms with van der Waals surface area (Å²) in [6.45, 7) is 4.10. The van der Waals surface area contributed by atoms with Gasteiger partial charge >= 0.3 is 0 Å². The summed E-state index contributed by atoms with van der Waals surface area (Å²) in [5, 5.41) is 0. The van der Waals surface area contributed by atoms with Gasteiger partial charge in [-0.25, -0.2) is 4.99 Å². The van der Waals surface area contributed by atoms with Gasteiger partial charge in [0, 0.05) is 6.07 Å². The van der Waals surface area contributed by atoms with Gasteiger partial charge in [0.1, 0.15) is 5.75 Å². The molecule has 82 valence electrons. The van der Waals surface area contributed by atoms with Crippen molar-refractivity contribution in [2.24, 2.45) is 16.5 Å². The highest BCUT2D eigenvalue weighted by molar-refractivity contribution is 5.79. The molecular weight excluding hydrogens is 190 g/mol. The summed E-state index contributed by atoms with van der Waals surface area (Å²) >= 11 is 0. The molecule has 0 heterocycles. The van der Waals surface area contributed by atoms with Crippen LogP contribution in [-0.4, -0.2) is 12.1 Å². The van der Waals surface area contributed by atoms with Crippen LogP contribution in [0.5, 0.6) is 5.75 Å². The lowest BCUT2D eigenvalue weighted by Gasteiger charge is -2.12. The molecule has 0 aromatic heterocycles. The first-order valence-electron chi connectivity index (χ1n) is 4.98. The van der Waals surface area contributed by atoms with Crippen LogP contribution in [-0.2, 0) is 0 Å². The number of nitrogens with two attached hydrogens (primary N) is 2. The molecule has 0 aliphatic carbocycles. The van der Waals surface area contributed by atoms with E-state index in [-0.39, 0.29) is 12.1 Å². The highest BCUT2D eigenvalue weighted by atomic mass is 16.5. The minimum Gasteiger partial charge on any atom is -0.491 e. The van der Waals surface area contributed by atoms with Crippen molar-refractivity contribution in [2.75, 3.05) is 0 Å². The molecular formula is C11H17N3O. The second-order valence-electron chi connectivity index (χ2n) is 3.37. The summed E-state index contributed by atoms with van der Waals surface area (Å²) in [7, 11) is 0. The third-order valence-corrected chi connectivity index (χ3v) is 1.99. The van der Waals surface area contributed by atoms with E-state index in [0.717, 1.165) is 12.2 Å². The number of guanidine groups is 1. The fourth-order valence-corrected chi connectivity index (χ4v) is 1.09. The Bertz CT molecular complexity index is 345. The second kappa shape index (κ2) is 5.24. The minimum atomic E-state index is 0.0516. The van der Waals surface area contributed by atoms with Gasteiger partial charge in [0.25, 0.3) is 0 Å². The number of aliphatic imine (C=N–C) groups is 1. The van der Waals surface area contributed by atoms with E-state index in [4.69, 9.17) is 16.2 Å². The zero-order valence-electron chi connectivity index (χ0n) is 9.10. The van der Waals surface area contributed by atoms with Crippen LogP contribution < -0.4 is 16.2 Å². The van der Waals surface area contributed by atoms with Crippen LogP contribution in [0.25, 0.3) is 0 Å². The zero-order chi connectivity index (χ0) is 11.3. The lowest BCUT2D eigenvalue weighted by atomic mass is 10.3. The topological polar surface area (TPSA) is 73.6 Å². The van der Waals surface area contributed by atoms with E-state index in [9.17, 15) is 0 Å². The molecule has 4 N–H and O–H groups in total. The molecule has 1 aromatic carbocycles. The molecule has 0 amide bonds. The van der Waals surface area contributed by atoms with Crippen molar-refractivity contribution >= 4 is 11.6 Å². The Morgan fingerprint density at radius 2 is 2.20 bits per heavy atom. The number of nitrogens with zero attached hydrogens (tertiary/aromatic N) is 1. The molecule has 0 saturated heterocycles. The fraction of sp³-hybridized carbons (Fsp3) is 0.364. The maximum Gasteiger partial charge on any atom is 0.191 e. The Kier molecular flexibility index (Phi) is 3.97. The van der Waals surface area contributed by atoms with E-state index in [0.29, 0.717) is 5.69 Å². The zero-order valence-corrected chi connectivity index (χ0v) is 9.10. The predicted octanol–water partition coefficient (Wildman–Crippen LogP) is 1.77. The molecule has 0 aliphatic heterocycles. The van der Waals surface area contributed by atoms with E-state index >= 15 is 0 Å². The third-order valence-electron chi connectivity index (χ3n) is 1.99. The Balaban J connectivity index is 2.79. The summed E-state index contributed by atoms with van der Waals surface area (Å²) in [4.78, 5) is 3.95. The van der Waals surface area contributed by atoms with Crippen LogP contribution in [0.15, 0.2) is 29.3 Å². The average Bonchev–Trinajstić information content (AvgIpc) is 2.17. The number of rotatable bonds is 4. The van der Waals surface area contributed by atoms with E-state index in [1.165, 1.54) is 0 Å². The van der Waals surface area contributed by atoms with Crippen LogP contribution in [0.1, 0.15) is 20.3 Å². The standard InChI is InChI=1S/C11H17N3O/c1-3-8(2)15-10-6-4-5-9(7-10)14-11(12)13/h4-8H,3H2,1-2H3,(H4,12,13,14). The summed E-state index contributed by atoms with van der Waals surface area (Å²) in [6.07, 6.45) is 1.16. The highest BCUT2D eigenvalue weighted by Gasteiger charge is 2.01. The Morgan fingerprint density at radius 3 is 2.80 bits per heavy atom. The quantitative estimate of drug-likeness (QED) is 0.583. The van der Waals surface area contributed by atoms with Crippen LogP contribution >= 0.6 is 0 Å². The maximum absolute atomic E-state index is 5.63. The van der Waals surface area contributed by atoms with Crippen molar-refractivity contribution in [1.82, 2.24) is 0 Å². The number of benzene rings is 1. The van der Waals surface area contributed by atoms with Crippen molar-refractivity contribution < 1.29 is 4.74 Å². The summed E-state index contributed by atoms with van der Waals surface area (Å²) in [6, 6.07) is 7.38. The van der Waals surface area contributed by atoms with Gasteiger partial charge in [0.2, 0.25) is 0 Å². The smallest absolute Gasteiger partial charge is 0.191 e. The van der Waals surface area contributed by atoms with Crippen LogP contribution in [0.2, 0.25) is 0 Å². The normalized spacial score (nSPS) is 11.9. The largest absolute Gasteiger partial charge is 0.491 e. The van der Waals surface area contributed by atoms with E-state index in [1.807, 2.05) is 31.2 Å². The van der Waals surface area contributed by atoms with Gasteiger partial charge in [-0.05, 0) is 25.5 Å². The molecule has 0 spiro atoms. The van der Waals surface area contributed by atoms with Crippen LogP contribution in [0, 0.1) is 0 Å². The van der Waals surface area contributed by atoms with Gasteiger partial charge in [-0.2, -0.15) is 0 Å². The molecule has 0 saturated carbocycles. The van der Waals surface area contributed by atoms with Gasteiger partial charge in [-0.3, -0.25) is 0 Å². The number of hydrogen-bond acceptors (Lipinski definition) is 2. The molecule has 15 heavy (non-hydrogen) atoms. The monoisotopic (exact) mass is 207 g/mol. The van der Waals surface area contributed by atoms with Gasteiger partial charge in [-0.1, -0.05) is 13.0 Å². The molecule has 0 fully saturated rings. The highest BCUT2D eigenvalue weighted by Crippen LogP contribution is 2.21. The Labute approximate surface area is 89.9 Å². The van der Waals surface area contributed by atoms with Crippen molar-refractivity contribution in [3.8, 4) is 5.75 Å². The summed E-state index contributed by atoms with van der Waals surface area (Å²) in [5.74, 6) is 0.836. The predicted molar refractivity (Wildman–Crippen MR) is 62.3 cm³/mol. The van der Waals surface area contributed by atoms with Crippen molar-refractivity contribution in [1.29, 1.82) is 0 Å². The first-order chi connectivity index (χ1) is 7.11. The van der Waals surface area contributed by atoms with E-state index in [1.54, 1.807) is 0 Å². The van der Waals surface area contributed by atoms with Crippen molar-refractivity contribution in [2.45, 2.75) is 26.4 Å². The summed E-state index contributed by atoms with van der Waals surface area (Å²) in [5.41, 5.74) is 11.3. The molecule has 1 aromatic rings.